The van der Waals surface area contributed by atoms with Gasteiger partial charge in [0.1, 0.15) is 0 Å². The van der Waals surface area contributed by atoms with Crippen LogP contribution in [-0.4, -0.2) is 14.0 Å². The Morgan fingerprint density at radius 1 is 0.654 bits per heavy atom. The van der Waals surface area contributed by atoms with Gasteiger partial charge in [0.05, 0.1) is 16.7 Å². The van der Waals surface area contributed by atoms with Crippen LogP contribution in [0.25, 0.3) is 39.2 Å². The second kappa shape index (κ2) is 6.36. The molecule has 0 bridgehead atoms. The van der Waals surface area contributed by atoms with Gasteiger partial charge in [0, 0.05) is 18.8 Å². The van der Waals surface area contributed by atoms with Crippen LogP contribution in [0.4, 0.5) is 0 Å². The van der Waals surface area contributed by atoms with Crippen molar-refractivity contribution in [3.8, 4) is 22.4 Å². The lowest BCUT2D eigenvalue weighted by Crippen LogP contribution is -1.88. The molecule has 3 nitrogen and oxygen atoms in total. The van der Waals surface area contributed by atoms with Crippen LogP contribution in [0.3, 0.4) is 0 Å². The number of aryl methyl sites for hydroxylation is 1. The minimum Gasteiger partial charge on any atom is -0.313 e. The normalized spacial score (nSPS) is 11.0. The highest BCUT2D eigenvalue weighted by atomic mass is 35.5. The SMILES string of the molecule is Cl.Cn1c2ccccc2n2cc(-c3ccc(-c4ccccc4)cc3)nc12. The molecule has 3 aromatic carbocycles. The summed E-state index contributed by atoms with van der Waals surface area (Å²) >= 11 is 0. The molecule has 0 amide bonds. The fraction of sp³-hybridized carbons (Fsp3) is 0.0455. The molecule has 2 heterocycles. The van der Waals surface area contributed by atoms with Crippen molar-refractivity contribution in [1.29, 1.82) is 0 Å². The molecule has 0 aliphatic heterocycles. The number of nitrogens with zero attached hydrogens (tertiary/aromatic N) is 3. The Hall–Kier alpha value is -3.04. The van der Waals surface area contributed by atoms with E-state index in [9.17, 15) is 0 Å². The molecule has 0 saturated heterocycles. The Morgan fingerprint density at radius 3 is 1.96 bits per heavy atom. The molecule has 26 heavy (non-hydrogen) atoms. The van der Waals surface area contributed by atoms with E-state index in [-0.39, 0.29) is 12.4 Å². The van der Waals surface area contributed by atoms with Gasteiger partial charge >= 0.3 is 0 Å². The maximum absolute atomic E-state index is 4.85. The van der Waals surface area contributed by atoms with E-state index in [1.165, 1.54) is 22.2 Å². The lowest BCUT2D eigenvalue weighted by molar-refractivity contribution is 0.970. The van der Waals surface area contributed by atoms with Gasteiger partial charge < -0.3 is 4.57 Å². The van der Waals surface area contributed by atoms with E-state index in [0.717, 1.165) is 17.0 Å². The third-order valence-corrected chi connectivity index (χ3v) is 4.78. The summed E-state index contributed by atoms with van der Waals surface area (Å²) in [7, 11) is 2.06. The van der Waals surface area contributed by atoms with Gasteiger partial charge in [0.2, 0.25) is 5.78 Å². The van der Waals surface area contributed by atoms with Crippen LogP contribution in [0.2, 0.25) is 0 Å². The molecule has 4 heteroatoms. The summed E-state index contributed by atoms with van der Waals surface area (Å²) in [5.41, 5.74) is 6.95. The van der Waals surface area contributed by atoms with Crippen molar-refractivity contribution in [1.82, 2.24) is 14.0 Å². The lowest BCUT2D eigenvalue weighted by atomic mass is 10.0. The fourth-order valence-corrected chi connectivity index (χ4v) is 3.45. The van der Waals surface area contributed by atoms with Crippen molar-refractivity contribution in [3.05, 3.63) is 85.1 Å². The summed E-state index contributed by atoms with van der Waals surface area (Å²) in [6.07, 6.45) is 2.12. The van der Waals surface area contributed by atoms with Gasteiger partial charge in [-0.2, -0.15) is 0 Å². The van der Waals surface area contributed by atoms with Gasteiger partial charge in [-0.3, -0.25) is 4.40 Å². The number of imidazole rings is 2. The second-order valence-electron chi connectivity index (χ2n) is 6.29. The van der Waals surface area contributed by atoms with Crippen molar-refractivity contribution in [2.45, 2.75) is 0 Å². The molecule has 0 fully saturated rings. The Bertz CT molecular complexity index is 1180. The van der Waals surface area contributed by atoms with Crippen LogP contribution in [0.15, 0.2) is 85.1 Å². The first-order chi connectivity index (χ1) is 12.3. The van der Waals surface area contributed by atoms with Gasteiger partial charge in [0.15, 0.2) is 0 Å². The minimum atomic E-state index is 0. The Morgan fingerprint density at radius 2 is 1.23 bits per heavy atom. The molecule has 128 valence electrons. The van der Waals surface area contributed by atoms with Gasteiger partial charge in [-0.1, -0.05) is 66.7 Å². The first kappa shape index (κ1) is 16.4. The lowest BCUT2D eigenvalue weighted by Gasteiger charge is -2.03. The van der Waals surface area contributed by atoms with Crippen molar-refractivity contribution in [3.63, 3.8) is 0 Å². The molecule has 0 unspecified atom stereocenters. The molecule has 0 aliphatic rings. The van der Waals surface area contributed by atoms with E-state index >= 15 is 0 Å². The van der Waals surface area contributed by atoms with Crippen LogP contribution >= 0.6 is 12.4 Å². The van der Waals surface area contributed by atoms with E-state index in [4.69, 9.17) is 4.98 Å². The highest BCUT2D eigenvalue weighted by Gasteiger charge is 2.12. The molecule has 0 radical (unpaired) electrons. The van der Waals surface area contributed by atoms with E-state index in [2.05, 4.69) is 95.0 Å². The van der Waals surface area contributed by atoms with Gasteiger partial charge in [-0.15, -0.1) is 12.4 Å². The summed E-state index contributed by atoms with van der Waals surface area (Å²) < 4.78 is 4.30. The molecule has 0 spiro atoms. The number of rotatable bonds is 2. The maximum atomic E-state index is 4.85. The average Bonchev–Trinajstić information content (AvgIpc) is 3.23. The highest BCUT2D eigenvalue weighted by Crippen LogP contribution is 2.27. The predicted octanol–water partition coefficient (Wildman–Crippen LogP) is 5.58. The highest BCUT2D eigenvalue weighted by molar-refractivity contribution is 5.85. The zero-order chi connectivity index (χ0) is 16.8. The van der Waals surface area contributed by atoms with Crippen molar-refractivity contribution >= 4 is 29.2 Å². The largest absolute Gasteiger partial charge is 0.313 e. The van der Waals surface area contributed by atoms with Crippen LogP contribution < -0.4 is 0 Å². The summed E-state index contributed by atoms with van der Waals surface area (Å²) in [5, 5.41) is 0. The Labute approximate surface area is 158 Å². The zero-order valence-corrected chi connectivity index (χ0v) is 15.1. The van der Waals surface area contributed by atoms with Crippen LogP contribution in [0.5, 0.6) is 0 Å². The molecule has 5 aromatic rings. The summed E-state index contributed by atoms with van der Waals surface area (Å²) in [5.74, 6) is 0.961. The standard InChI is InChI=1S/C22H17N3.ClH/c1-24-20-9-5-6-10-21(20)25-15-19(23-22(24)25)18-13-11-17(12-14-18)16-7-3-2-4-8-16;/h2-15H,1H3;1H. The number of aromatic nitrogens is 3. The quantitative estimate of drug-likeness (QED) is 0.403. The number of hydrogen-bond acceptors (Lipinski definition) is 1. The molecule has 0 aliphatic carbocycles. The first-order valence-corrected chi connectivity index (χ1v) is 8.40. The zero-order valence-electron chi connectivity index (χ0n) is 14.3. The van der Waals surface area contributed by atoms with Gasteiger partial charge in [-0.25, -0.2) is 4.98 Å². The number of hydrogen-bond donors (Lipinski definition) is 0. The number of fused-ring (bicyclic) bond motifs is 3. The molecular formula is C22H18ClN3. The monoisotopic (exact) mass is 359 g/mol. The third-order valence-electron chi connectivity index (χ3n) is 4.78. The molecule has 0 atom stereocenters. The van der Waals surface area contributed by atoms with E-state index in [0.29, 0.717) is 0 Å². The topological polar surface area (TPSA) is 22.2 Å². The molecule has 2 aromatic heterocycles. The third kappa shape index (κ3) is 2.49. The Kier molecular flexibility index (Phi) is 4.02. The van der Waals surface area contributed by atoms with Crippen molar-refractivity contribution in [2.24, 2.45) is 7.05 Å². The molecule has 0 saturated carbocycles. The van der Waals surface area contributed by atoms with E-state index < -0.39 is 0 Å². The number of benzene rings is 3. The number of halogens is 1. The minimum absolute atomic E-state index is 0. The molecular weight excluding hydrogens is 342 g/mol. The molecule has 0 N–H and O–H groups in total. The van der Waals surface area contributed by atoms with Crippen molar-refractivity contribution in [2.75, 3.05) is 0 Å². The summed E-state index contributed by atoms with van der Waals surface area (Å²) in [6, 6.07) is 27.4. The van der Waals surface area contributed by atoms with Crippen molar-refractivity contribution < 1.29 is 0 Å². The average molecular weight is 360 g/mol. The maximum Gasteiger partial charge on any atom is 0.215 e. The van der Waals surface area contributed by atoms with Crippen LogP contribution in [0, 0.1) is 0 Å². The summed E-state index contributed by atoms with van der Waals surface area (Å²) in [4.78, 5) is 4.85. The van der Waals surface area contributed by atoms with Crippen LogP contribution in [0.1, 0.15) is 0 Å². The van der Waals surface area contributed by atoms with Crippen LogP contribution in [-0.2, 0) is 7.05 Å². The number of para-hydroxylation sites is 2. The first-order valence-electron chi connectivity index (χ1n) is 8.40. The molecule has 5 rings (SSSR count). The summed E-state index contributed by atoms with van der Waals surface area (Å²) in [6.45, 7) is 0. The predicted molar refractivity (Wildman–Crippen MR) is 110 cm³/mol. The van der Waals surface area contributed by atoms with E-state index in [1.54, 1.807) is 0 Å². The van der Waals surface area contributed by atoms with Gasteiger partial charge in [-0.05, 0) is 23.3 Å². The smallest absolute Gasteiger partial charge is 0.215 e. The van der Waals surface area contributed by atoms with Gasteiger partial charge in [0.25, 0.3) is 0 Å². The second-order valence-corrected chi connectivity index (χ2v) is 6.29. The Balaban J connectivity index is 0.00000168. The van der Waals surface area contributed by atoms with E-state index in [1.807, 2.05) is 6.07 Å². The fourth-order valence-electron chi connectivity index (χ4n) is 3.45.